The highest BCUT2D eigenvalue weighted by atomic mass is 19.3. The van der Waals surface area contributed by atoms with Crippen molar-refractivity contribution in [3.05, 3.63) is 5.82 Å². The molecule has 9 nitrogen and oxygen atoms in total. The van der Waals surface area contributed by atoms with Crippen LogP contribution in [0.15, 0.2) is 0 Å². The molecule has 12 heteroatoms. The second-order valence-corrected chi connectivity index (χ2v) is 7.39. The third-order valence-electron chi connectivity index (χ3n) is 5.10. The molecule has 0 bridgehead atoms. The molecule has 0 saturated carbocycles. The number of likely N-dealkylation sites (tertiary alicyclic amines) is 1. The van der Waals surface area contributed by atoms with Crippen LogP contribution in [-0.2, 0) is 4.74 Å². The first-order chi connectivity index (χ1) is 13.7. The summed E-state index contributed by atoms with van der Waals surface area (Å²) in [7, 11) is 1.78. The van der Waals surface area contributed by atoms with Crippen LogP contribution >= 0.6 is 0 Å². The number of halogens is 3. The minimum atomic E-state index is -3.04. The van der Waals surface area contributed by atoms with E-state index in [1.54, 1.807) is 20.0 Å². The van der Waals surface area contributed by atoms with E-state index in [2.05, 4.69) is 15.0 Å². The van der Waals surface area contributed by atoms with Crippen molar-refractivity contribution in [2.24, 2.45) is 0 Å². The van der Waals surface area contributed by atoms with E-state index in [1.165, 1.54) is 4.90 Å². The first-order valence-electron chi connectivity index (χ1n) is 9.22. The Morgan fingerprint density at radius 3 is 2.76 bits per heavy atom. The van der Waals surface area contributed by atoms with E-state index < -0.39 is 37.5 Å². The normalized spacial score (nSPS) is 29.5. The topological polar surface area (TPSA) is 108 Å². The van der Waals surface area contributed by atoms with Gasteiger partial charge >= 0.3 is 6.01 Å². The van der Waals surface area contributed by atoms with Crippen molar-refractivity contribution in [2.75, 3.05) is 44.8 Å². The van der Waals surface area contributed by atoms with E-state index in [-0.39, 0.29) is 37.0 Å². The minimum absolute atomic E-state index is 0.0694. The monoisotopic (exact) mass is 416 g/mol. The number of hydrogen-bond donors (Lipinski definition) is 1. The largest absolute Gasteiger partial charge is 0.459 e. The van der Waals surface area contributed by atoms with Crippen LogP contribution in [0.5, 0.6) is 6.01 Å². The maximum absolute atomic E-state index is 13.6. The van der Waals surface area contributed by atoms with Gasteiger partial charge < -0.3 is 19.5 Å². The van der Waals surface area contributed by atoms with Crippen molar-refractivity contribution in [3.8, 4) is 12.1 Å². The lowest BCUT2D eigenvalue weighted by molar-refractivity contribution is -0.123. The maximum atomic E-state index is 13.6. The molecule has 1 unspecified atom stereocenters. The zero-order chi connectivity index (χ0) is 21.2. The first-order valence-corrected chi connectivity index (χ1v) is 9.22. The number of likely N-dealkylation sites (N-methyl/N-ethyl adjacent to an activating group) is 1. The number of alkyl halides is 3. The summed E-state index contributed by atoms with van der Waals surface area (Å²) in [5.74, 6) is -0.336. The van der Waals surface area contributed by atoms with E-state index in [9.17, 15) is 23.5 Å². The maximum Gasteiger partial charge on any atom is 0.322 e. The van der Waals surface area contributed by atoms with Gasteiger partial charge in [0.15, 0.2) is 5.60 Å². The van der Waals surface area contributed by atoms with E-state index in [0.717, 1.165) is 0 Å². The predicted molar refractivity (Wildman–Crippen MR) is 94.5 cm³/mol. The summed E-state index contributed by atoms with van der Waals surface area (Å²) in [5.41, 5.74) is -2.40. The van der Waals surface area contributed by atoms with Crippen molar-refractivity contribution in [1.29, 1.82) is 5.26 Å². The van der Waals surface area contributed by atoms with Crippen molar-refractivity contribution < 1.29 is 27.8 Å². The predicted octanol–water partition coefficient (Wildman–Crippen LogP) is 0.386. The van der Waals surface area contributed by atoms with E-state index in [0.29, 0.717) is 13.0 Å². The van der Waals surface area contributed by atoms with Crippen LogP contribution in [0.1, 0.15) is 19.2 Å². The molecule has 0 radical (unpaired) electrons. The van der Waals surface area contributed by atoms with Crippen LogP contribution in [0.4, 0.5) is 19.1 Å². The van der Waals surface area contributed by atoms with Crippen LogP contribution in [0.2, 0.25) is 0 Å². The van der Waals surface area contributed by atoms with Gasteiger partial charge in [-0.25, -0.2) is 13.2 Å². The lowest BCUT2D eigenvalue weighted by atomic mass is 10.1. The van der Waals surface area contributed by atoms with Crippen molar-refractivity contribution in [1.82, 2.24) is 19.9 Å². The first kappa shape index (κ1) is 21.5. The lowest BCUT2D eigenvalue weighted by Crippen LogP contribution is -2.50. The fourth-order valence-electron chi connectivity index (χ4n) is 3.53. The van der Waals surface area contributed by atoms with Gasteiger partial charge in [0.2, 0.25) is 11.8 Å². The molecule has 0 aromatic carbocycles. The van der Waals surface area contributed by atoms with Gasteiger partial charge in [0.1, 0.15) is 18.3 Å². The van der Waals surface area contributed by atoms with Gasteiger partial charge in [0.25, 0.3) is 6.43 Å². The molecular weight excluding hydrogens is 393 g/mol. The molecule has 2 aliphatic heterocycles. The van der Waals surface area contributed by atoms with Crippen LogP contribution in [-0.4, -0.2) is 95.2 Å². The smallest absolute Gasteiger partial charge is 0.322 e. The highest BCUT2D eigenvalue weighted by molar-refractivity contribution is 5.34. The molecule has 1 aromatic rings. The molecule has 3 rings (SSSR count). The summed E-state index contributed by atoms with van der Waals surface area (Å²) in [5, 5.41) is 19.4. The average molecular weight is 416 g/mol. The van der Waals surface area contributed by atoms with Crippen LogP contribution < -0.4 is 9.64 Å². The van der Waals surface area contributed by atoms with E-state index in [4.69, 9.17) is 9.47 Å². The Balaban J connectivity index is 1.82. The number of aliphatic hydroxyl groups is 1. The third-order valence-corrected chi connectivity index (χ3v) is 5.10. The Morgan fingerprint density at radius 2 is 2.14 bits per heavy atom. The SMILES string of the molecule is C[C@H](Oc1nc(C#N)nc(N2CCOCC(O)(C(F)F)C2)n1)[C@@H]1C[C@@H](F)CN1C. The molecule has 2 fully saturated rings. The van der Waals surface area contributed by atoms with Gasteiger partial charge in [-0.2, -0.15) is 20.2 Å². The molecule has 1 aromatic heterocycles. The quantitative estimate of drug-likeness (QED) is 0.729. The number of ether oxygens (including phenoxy) is 2. The minimum Gasteiger partial charge on any atom is -0.459 e. The molecule has 160 valence electrons. The van der Waals surface area contributed by atoms with Crippen molar-refractivity contribution in [2.45, 2.75) is 43.7 Å². The number of hydrogen-bond acceptors (Lipinski definition) is 9. The summed E-state index contributed by atoms with van der Waals surface area (Å²) in [6.45, 7) is 1.22. The van der Waals surface area contributed by atoms with Gasteiger partial charge in [-0.05, 0) is 20.4 Å². The van der Waals surface area contributed by atoms with Gasteiger partial charge in [-0.1, -0.05) is 0 Å². The van der Waals surface area contributed by atoms with Crippen LogP contribution in [0, 0.1) is 11.3 Å². The summed E-state index contributed by atoms with van der Waals surface area (Å²) in [6, 6.07) is 1.41. The molecule has 29 heavy (non-hydrogen) atoms. The number of nitriles is 1. The summed E-state index contributed by atoms with van der Waals surface area (Å²) in [6.07, 6.45) is -4.18. The fraction of sp³-hybridized carbons (Fsp3) is 0.765. The zero-order valence-electron chi connectivity index (χ0n) is 16.1. The summed E-state index contributed by atoms with van der Waals surface area (Å²) in [4.78, 5) is 15.1. The van der Waals surface area contributed by atoms with Crippen LogP contribution in [0.3, 0.4) is 0 Å². The lowest BCUT2D eigenvalue weighted by Gasteiger charge is -2.30. The zero-order valence-corrected chi connectivity index (χ0v) is 16.1. The fourth-order valence-corrected chi connectivity index (χ4v) is 3.53. The Bertz CT molecular complexity index is 766. The molecule has 0 amide bonds. The number of rotatable bonds is 5. The van der Waals surface area contributed by atoms with Crippen molar-refractivity contribution >= 4 is 5.95 Å². The number of aromatic nitrogens is 3. The van der Waals surface area contributed by atoms with Gasteiger partial charge in [0, 0.05) is 19.1 Å². The molecule has 4 atom stereocenters. The molecule has 0 spiro atoms. The summed E-state index contributed by atoms with van der Waals surface area (Å²) >= 11 is 0. The Labute approximate surface area is 166 Å². The third kappa shape index (κ3) is 4.85. The Morgan fingerprint density at radius 1 is 1.38 bits per heavy atom. The molecule has 2 aliphatic rings. The summed E-state index contributed by atoms with van der Waals surface area (Å²) < 4.78 is 51.0. The van der Waals surface area contributed by atoms with Gasteiger partial charge in [-0.3, -0.25) is 4.90 Å². The van der Waals surface area contributed by atoms with Gasteiger partial charge in [-0.15, -0.1) is 0 Å². The number of anilines is 1. The molecule has 2 saturated heterocycles. The van der Waals surface area contributed by atoms with Crippen molar-refractivity contribution in [3.63, 3.8) is 0 Å². The average Bonchev–Trinajstić information content (AvgIpc) is 2.88. The molecular formula is C17H23F3N6O3. The molecule has 0 aliphatic carbocycles. The number of nitrogens with zero attached hydrogens (tertiary/aromatic N) is 6. The van der Waals surface area contributed by atoms with E-state index >= 15 is 0 Å². The Kier molecular flexibility index (Phi) is 6.40. The highest BCUT2D eigenvalue weighted by Gasteiger charge is 2.42. The highest BCUT2D eigenvalue weighted by Crippen LogP contribution is 2.26. The van der Waals surface area contributed by atoms with Crippen LogP contribution in [0.25, 0.3) is 0 Å². The molecule has 3 heterocycles. The number of β-amino-alcohol motifs (C(OH)–C–C–N with tert-alkyl or cyclic N) is 1. The molecule has 1 N–H and O–H groups in total. The van der Waals surface area contributed by atoms with E-state index in [1.807, 2.05) is 4.90 Å². The second-order valence-electron chi connectivity index (χ2n) is 7.39. The Hall–Kier alpha value is -2.23. The van der Waals surface area contributed by atoms with Gasteiger partial charge in [0.05, 0.1) is 19.8 Å². The second kappa shape index (κ2) is 8.64. The standard InChI is InChI=1S/C17H23F3N6O3/c1-10(12-5-11(18)7-25(12)2)29-16-23-13(6-21)22-15(24-16)26-3-4-28-9-17(27,8-26)14(19)20/h10-12,14,27H,3-5,7-9H2,1-2H3/t10-,11+,12-,17?/m0/s1.